The molecule has 0 radical (unpaired) electrons. The Labute approximate surface area is 160 Å². The van der Waals surface area contributed by atoms with Gasteiger partial charge in [0.05, 0.1) is 0 Å². The molecule has 1 heterocycles. The second-order valence-corrected chi connectivity index (χ2v) is 7.04. The molecule has 0 aliphatic carbocycles. The average molecular weight is 366 g/mol. The SMILES string of the molecule is CCCC[C@H]1C(=O)N(C)CCN1C(=O)c1cccc(-c2ccc(O)cc2)c1. The molecule has 1 aliphatic rings. The fraction of sp³-hybridized carbons (Fsp3) is 0.364. The molecular formula is C22H26N2O3. The van der Waals surface area contributed by atoms with Crippen LogP contribution in [0.15, 0.2) is 48.5 Å². The molecule has 1 atom stereocenters. The van der Waals surface area contributed by atoms with E-state index in [9.17, 15) is 14.7 Å². The lowest BCUT2D eigenvalue weighted by molar-refractivity contribution is -0.138. The summed E-state index contributed by atoms with van der Waals surface area (Å²) in [6, 6.07) is 14.0. The number of carbonyl (C=O) groups is 2. The van der Waals surface area contributed by atoms with Crippen LogP contribution in [0.3, 0.4) is 0 Å². The number of piperazine rings is 1. The molecule has 0 saturated carbocycles. The van der Waals surface area contributed by atoms with Gasteiger partial charge in [0.25, 0.3) is 5.91 Å². The molecular weight excluding hydrogens is 340 g/mol. The Kier molecular flexibility index (Phi) is 5.79. The van der Waals surface area contributed by atoms with Crippen molar-refractivity contribution in [3.05, 3.63) is 54.1 Å². The van der Waals surface area contributed by atoms with E-state index in [0.717, 1.165) is 24.0 Å². The van der Waals surface area contributed by atoms with Gasteiger partial charge in [-0.2, -0.15) is 0 Å². The molecule has 1 saturated heterocycles. The van der Waals surface area contributed by atoms with Crippen LogP contribution in [0.4, 0.5) is 0 Å². The number of nitrogens with zero attached hydrogens (tertiary/aromatic N) is 2. The first kappa shape index (κ1) is 19.0. The summed E-state index contributed by atoms with van der Waals surface area (Å²) in [6.45, 7) is 3.20. The molecule has 1 aliphatic heterocycles. The van der Waals surface area contributed by atoms with E-state index in [1.807, 2.05) is 30.3 Å². The zero-order valence-electron chi connectivity index (χ0n) is 15.9. The molecule has 0 spiro atoms. The summed E-state index contributed by atoms with van der Waals surface area (Å²) in [5.74, 6) is 0.136. The lowest BCUT2D eigenvalue weighted by Gasteiger charge is -2.39. The highest BCUT2D eigenvalue weighted by Gasteiger charge is 2.35. The number of unbranched alkanes of at least 4 members (excludes halogenated alkanes) is 1. The first-order valence-corrected chi connectivity index (χ1v) is 9.46. The van der Waals surface area contributed by atoms with Crippen molar-refractivity contribution >= 4 is 11.8 Å². The van der Waals surface area contributed by atoms with Gasteiger partial charge < -0.3 is 14.9 Å². The van der Waals surface area contributed by atoms with Gasteiger partial charge in [-0.25, -0.2) is 0 Å². The summed E-state index contributed by atoms with van der Waals surface area (Å²) in [7, 11) is 1.80. The van der Waals surface area contributed by atoms with Crippen molar-refractivity contribution in [3.8, 4) is 16.9 Å². The number of carbonyl (C=O) groups excluding carboxylic acids is 2. The summed E-state index contributed by atoms with van der Waals surface area (Å²) >= 11 is 0. The van der Waals surface area contributed by atoms with Crippen LogP contribution in [0.2, 0.25) is 0 Å². The van der Waals surface area contributed by atoms with Gasteiger partial charge in [0.1, 0.15) is 11.8 Å². The molecule has 2 amide bonds. The van der Waals surface area contributed by atoms with Crippen molar-refractivity contribution in [3.63, 3.8) is 0 Å². The van der Waals surface area contributed by atoms with Gasteiger partial charge in [-0.15, -0.1) is 0 Å². The van der Waals surface area contributed by atoms with Crippen LogP contribution < -0.4 is 0 Å². The molecule has 142 valence electrons. The number of phenols is 1. The smallest absolute Gasteiger partial charge is 0.254 e. The zero-order chi connectivity index (χ0) is 19.4. The van der Waals surface area contributed by atoms with Crippen LogP contribution in [0.1, 0.15) is 36.5 Å². The number of hydrogen-bond donors (Lipinski definition) is 1. The molecule has 5 heteroatoms. The van der Waals surface area contributed by atoms with Crippen molar-refractivity contribution in [2.45, 2.75) is 32.2 Å². The number of benzene rings is 2. The molecule has 0 bridgehead atoms. The molecule has 2 aromatic rings. The number of aromatic hydroxyl groups is 1. The molecule has 27 heavy (non-hydrogen) atoms. The van der Waals surface area contributed by atoms with Gasteiger partial charge in [0.15, 0.2) is 0 Å². The molecule has 2 aromatic carbocycles. The lowest BCUT2D eigenvalue weighted by atomic mass is 10.00. The van der Waals surface area contributed by atoms with E-state index in [0.29, 0.717) is 25.1 Å². The third-order valence-electron chi connectivity index (χ3n) is 5.12. The Morgan fingerprint density at radius 2 is 1.85 bits per heavy atom. The van der Waals surface area contributed by atoms with Crippen molar-refractivity contribution in [2.75, 3.05) is 20.1 Å². The van der Waals surface area contributed by atoms with E-state index in [1.54, 1.807) is 35.0 Å². The van der Waals surface area contributed by atoms with Crippen molar-refractivity contribution in [1.82, 2.24) is 9.80 Å². The molecule has 3 rings (SSSR count). The van der Waals surface area contributed by atoms with Gasteiger partial charge in [-0.3, -0.25) is 9.59 Å². The van der Waals surface area contributed by atoms with Crippen LogP contribution in [-0.2, 0) is 4.79 Å². The molecule has 0 unspecified atom stereocenters. The predicted molar refractivity (Wildman–Crippen MR) is 106 cm³/mol. The highest BCUT2D eigenvalue weighted by molar-refractivity contribution is 5.99. The van der Waals surface area contributed by atoms with Crippen molar-refractivity contribution in [1.29, 1.82) is 0 Å². The van der Waals surface area contributed by atoms with Crippen LogP contribution in [0, 0.1) is 0 Å². The van der Waals surface area contributed by atoms with Crippen LogP contribution in [0.5, 0.6) is 5.75 Å². The average Bonchev–Trinajstić information content (AvgIpc) is 2.69. The topological polar surface area (TPSA) is 60.9 Å². The largest absolute Gasteiger partial charge is 0.508 e. The highest BCUT2D eigenvalue weighted by atomic mass is 16.3. The van der Waals surface area contributed by atoms with Gasteiger partial charge in [0.2, 0.25) is 5.91 Å². The predicted octanol–water partition coefficient (Wildman–Crippen LogP) is 3.53. The minimum absolute atomic E-state index is 0.0257. The second kappa shape index (κ2) is 8.25. The Morgan fingerprint density at radius 3 is 2.56 bits per heavy atom. The van der Waals surface area contributed by atoms with Crippen LogP contribution >= 0.6 is 0 Å². The summed E-state index contributed by atoms with van der Waals surface area (Å²) < 4.78 is 0. The summed E-state index contributed by atoms with van der Waals surface area (Å²) in [5, 5.41) is 9.47. The quantitative estimate of drug-likeness (QED) is 0.881. The van der Waals surface area contributed by atoms with Gasteiger partial charge in [-0.05, 0) is 41.8 Å². The maximum Gasteiger partial charge on any atom is 0.254 e. The first-order chi connectivity index (χ1) is 13.0. The third-order valence-corrected chi connectivity index (χ3v) is 5.12. The summed E-state index contributed by atoms with van der Waals surface area (Å²) in [5.41, 5.74) is 2.42. The first-order valence-electron chi connectivity index (χ1n) is 9.46. The van der Waals surface area contributed by atoms with Gasteiger partial charge >= 0.3 is 0 Å². The maximum absolute atomic E-state index is 13.2. The van der Waals surface area contributed by atoms with E-state index in [-0.39, 0.29) is 23.6 Å². The zero-order valence-corrected chi connectivity index (χ0v) is 15.9. The number of amides is 2. The molecule has 1 N–H and O–H groups in total. The minimum Gasteiger partial charge on any atom is -0.508 e. The third kappa shape index (κ3) is 4.13. The van der Waals surface area contributed by atoms with Crippen molar-refractivity contribution < 1.29 is 14.7 Å². The molecule has 1 fully saturated rings. The van der Waals surface area contributed by atoms with Gasteiger partial charge in [0, 0.05) is 25.7 Å². The van der Waals surface area contributed by atoms with Crippen LogP contribution in [0.25, 0.3) is 11.1 Å². The Hall–Kier alpha value is -2.82. The number of likely N-dealkylation sites (N-methyl/N-ethyl adjacent to an activating group) is 1. The van der Waals surface area contributed by atoms with Gasteiger partial charge in [-0.1, -0.05) is 44.0 Å². The summed E-state index contributed by atoms with van der Waals surface area (Å²) in [6.07, 6.45) is 2.61. The highest BCUT2D eigenvalue weighted by Crippen LogP contribution is 2.25. The Bertz CT molecular complexity index is 817. The maximum atomic E-state index is 13.2. The summed E-state index contributed by atoms with van der Waals surface area (Å²) in [4.78, 5) is 29.2. The molecule has 5 nitrogen and oxygen atoms in total. The lowest BCUT2D eigenvalue weighted by Crippen LogP contribution is -2.57. The Balaban J connectivity index is 1.86. The van der Waals surface area contributed by atoms with Crippen LogP contribution in [-0.4, -0.2) is 52.9 Å². The fourth-order valence-electron chi connectivity index (χ4n) is 3.48. The normalized spacial score (nSPS) is 17.3. The molecule has 0 aromatic heterocycles. The van der Waals surface area contributed by atoms with E-state index in [2.05, 4.69) is 6.92 Å². The fourth-order valence-corrected chi connectivity index (χ4v) is 3.48. The van der Waals surface area contributed by atoms with E-state index < -0.39 is 0 Å². The number of phenolic OH excluding ortho intramolecular Hbond substituents is 1. The Morgan fingerprint density at radius 1 is 1.11 bits per heavy atom. The number of hydrogen-bond acceptors (Lipinski definition) is 3. The van der Waals surface area contributed by atoms with E-state index in [1.165, 1.54) is 0 Å². The minimum atomic E-state index is -0.381. The second-order valence-electron chi connectivity index (χ2n) is 7.04. The van der Waals surface area contributed by atoms with E-state index >= 15 is 0 Å². The monoisotopic (exact) mass is 366 g/mol. The van der Waals surface area contributed by atoms with Crippen molar-refractivity contribution in [2.24, 2.45) is 0 Å². The van der Waals surface area contributed by atoms with E-state index in [4.69, 9.17) is 0 Å². The number of rotatable bonds is 5. The standard InChI is InChI=1S/C22H26N2O3/c1-3-4-8-20-22(27)23(2)13-14-24(20)21(26)18-7-5-6-17(15-18)16-9-11-19(25)12-10-16/h5-7,9-12,15,20,25H,3-4,8,13-14H2,1-2H3/t20-/m0/s1.